The molecule has 0 aromatic carbocycles. The lowest BCUT2D eigenvalue weighted by atomic mass is 10.1. The molecule has 0 rings (SSSR count). The largest absolute Gasteiger partial charge is 0.522 e. The average molecular weight is 477 g/mol. The Morgan fingerprint density at radius 3 is 1.06 bits per heavy atom. The molecule has 0 saturated carbocycles. The fraction of sp³-hybridized carbons (Fsp3) is 1.00. The van der Waals surface area contributed by atoms with E-state index in [0.29, 0.717) is 0 Å². The molecule has 190 valence electrons. The molecule has 0 aromatic rings. The van der Waals surface area contributed by atoms with Crippen molar-refractivity contribution < 1.29 is 30.6 Å². The van der Waals surface area contributed by atoms with Gasteiger partial charge in [0, 0.05) is 0 Å². The van der Waals surface area contributed by atoms with Crippen molar-refractivity contribution in [2.45, 2.75) is 122 Å². The van der Waals surface area contributed by atoms with Crippen LogP contribution in [0.3, 0.4) is 0 Å². The summed E-state index contributed by atoms with van der Waals surface area (Å²) in [7, 11) is -0.974. The van der Waals surface area contributed by atoms with Gasteiger partial charge in [0.25, 0.3) is 0 Å². The molecule has 8 heteroatoms. The van der Waals surface area contributed by atoms with E-state index in [1.54, 1.807) is 0 Å². The standard InChI is InChI=1S/C22H48N.CHF3O3S/c1-5-7-9-11-13-15-17-19-21-23(3,4)22-20-18-16-14-12-10-8-6-2;2-1(3,4)8(5,6)7/h5-22H2,1-4H3;(H,5,6,7)/q+1;. The minimum absolute atomic E-state index is 1.24. The second-order valence-corrected chi connectivity index (χ2v) is 10.7. The van der Waals surface area contributed by atoms with Gasteiger partial charge in [-0.05, 0) is 25.7 Å². The van der Waals surface area contributed by atoms with Crippen LogP contribution in [0.25, 0.3) is 0 Å². The maximum Gasteiger partial charge on any atom is 0.522 e. The van der Waals surface area contributed by atoms with Crippen molar-refractivity contribution in [3.63, 3.8) is 0 Å². The number of quaternary nitrogens is 1. The smallest absolute Gasteiger partial charge is 0.328 e. The van der Waals surface area contributed by atoms with E-state index in [1.165, 1.54) is 120 Å². The number of nitrogens with zero attached hydrogens (tertiary/aromatic N) is 1. The van der Waals surface area contributed by atoms with Crippen LogP contribution in [0.4, 0.5) is 13.2 Å². The summed E-state index contributed by atoms with van der Waals surface area (Å²) in [6.07, 6.45) is 23.0. The van der Waals surface area contributed by atoms with E-state index >= 15 is 0 Å². The molecule has 0 aliphatic rings. The summed E-state index contributed by atoms with van der Waals surface area (Å²) in [5.74, 6) is 0. The molecule has 0 saturated heterocycles. The van der Waals surface area contributed by atoms with Crippen LogP contribution in [0, 0.1) is 0 Å². The highest BCUT2D eigenvalue weighted by Crippen LogP contribution is 2.20. The highest BCUT2D eigenvalue weighted by Gasteiger charge is 2.44. The molecule has 31 heavy (non-hydrogen) atoms. The molecule has 0 radical (unpaired) electrons. The van der Waals surface area contributed by atoms with Crippen molar-refractivity contribution in [3.05, 3.63) is 0 Å². The molecule has 0 aliphatic carbocycles. The van der Waals surface area contributed by atoms with Crippen LogP contribution in [-0.2, 0) is 10.1 Å². The fourth-order valence-electron chi connectivity index (χ4n) is 3.46. The summed E-state index contributed by atoms with van der Waals surface area (Å²) in [5, 5.41) is 0. The Hall–Kier alpha value is -0.340. The number of hydrogen-bond acceptors (Lipinski definition) is 2. The predicted molar refractivity (Wildman–Crippen MR) is 125 cm³/mol. The number of rotatable bonds is 18. The van der Waals surface area contributed by atoms with Crippen LogP contribution in [0.1, 0.15) is 117 Å². The molecule has 0 spiro atoms. The number of halogens is 3. The zero-order chi connectivity index (χ0) is 24.2. The average Bonchev–Trinajstić information content (AvgIpc) is 2.65. The van der Waals surface area contributed by atoms with E-state index in [-0.39, 0.29) is 0 Å². The Bertz CT molecular complexity index is 473. The Morgan fingerprint density at radius 2 is 0.839 bits per heavy atom. The van der Waals surface area contributed by atoms with Crippen LogP contribution in [0.2, 0.25) is 0 Å². The minimum atomic E-state index is -5.84. The predicted octanol–water partition coefficient (Wildman–Crippen LogP) is 7.74. The van der Waals surface area contributed by atoms with Crippen molar-refractivity contribution in [2.75, 3.05) is 27.2 Å². The van der Waals surface area contributed by atoms with Gasteiger partial charge >= 0.3 is 15.6 Å². The van der Waals surface area contributed by atoms with Gasteiger partial charge in [-0.1, -0.05) is 90.9 Å². The second-order valence-electron chi connectivity index (χ2n) is 9.25. The quantitative estimate of drug-likeness (QED) is 0.0952. The first-order valence-corrected chi connectivity index (χ1v) is 13.7. The fourth-order valence-corrected chi connectivity index (χ4v) is 3.46. The third kappa shape index (κ3) is 24.1. The molecule has 4 nitrogen and oxygen atoms in total. The van der Waals surface area contributed by atoms with E-state index in [2.05, 4.69) is 27.9 Å². The van der Waals surface area contributed by atoms with Gasteiger partial charge in [-0.15, -0.1) is 0 Å². The molecule has 0 fully saturated rings. The van der Waals surface area contributed by atoms with Gasteiger partial charge in [-0.2, -0.15) is 21.6 Å². The van der Waals surface area contributed by atoms with Gasteiger partial charge in [-0.25, -0.2) is 0 Å². The third-order valence-electron chi connectivity index (χ3n) is 5.53. The Morgan fingerprint density at radius 1 is 0.613 bits per heavy atom. The highest BCUT2D eigenvalue weighted by atomic mass is 32.2. The summed E-state index contributed by atoms with van der Waals surface area (Å²) in [5.41, 5.74) is -5.53. The van der Waals surface area contributed by atoms with Crippen LogP contribution in [0.15, 0.2) is 0 Å². The van der Waals surface area contributed by atoms with E-state index in [1.807, 2.05) is 0 Å². The van der Waals surface area contributed by atoms with Gasteiger partial charge in [0.15, 0.2) is 0 Å². The number of hydrogen-bond donors (Lipinski definition) is 1. The Balaban J connectivity index is 0. The van der Waals surface area contributed by atoms with E-state index in [4.69, 9.17) is 13.0 Å². The first kappa shape index (κ1) is 32.8. The lowest BCUT2D eigenvalue weighted by molar-refractivity contribution is -0.890. The first-order chi connectivity index (χ1) is 14.4. The van der Waals surface area contributed by atoms with Crippen molar-refractivity contribution in [2.24, 2.45) is 0 Å². The molecule has 0 aromatic heterocycles. The summed E-state index contributed by atoms with van der Waals surface area (Å²) in [6.45, 7) is 7.36. The molecule has 0 unspecified atom stereocenters. The zero-order valence-electron chi connectivity index (χ0n) is 20.5. The lowest BCUT2D eigenvalue weighted by Crippen LogP contribution is -2.41. The van der Waals surface area contributed by atoms with Crippen LogP contribution < -0.4 is 0 Å². The van der Waals surface area contributed by atoms with Crippen molar-refractivity contribution in [1.82, 2.24) is 0 Å². The minimum Gasteiger partial charge on any atom is -0.328 e. The van der Waals surface area contributed by atoms with Gasteiger partial charge in [0.2, 0.25) is 0 Å². The van der Waals surface area contributed by atoms with Crippen LogP contribution in [-0.4, -0.2) is 50.1 Å². The zero-order valence-corrected chi connectivity index (χ0v) is 21.3. The van der Waals surface area contributed by atoms with E-state index < -0.39 is 15.6 Å². The summed E-state index contributed by atoms with van der Waals surface area (Å²) in [4.78, 5) is 0. The molecule has 0 bridgehead atoms. The van der Waals surface area contributed by atoms with Crippen molar-refractivity contribution in [1.29, 1.82) is 0 Å². The summed E-state index contributed by atoms with van der Waals surface area (Å²) >= 11 is 0. The Labute approximate surface area is 190 Å². The van der Waals surface area contributed by atoms with Gasteiger partial charge in [-0.3, -0.25) is 4.55 Å². The van der Waals surface area contributed by atoms with Crippen molar-refractivity contribution in [3.8, 4) is 0 Å². The Kier molecular flexibility index (Phi) is 20.3. The van der Waals surface area contributed by atoms with Crippen LogP contribution >= 0.6 is 0 Å². The first-order valence-electron chi connectivity index (χ1n) is 12.2. The lowest BCUT2D eigenvalue weighted by Gasteiger charge is -2.30. The highest BCUT2D eigenvalue weighted by molar-refractivity contribution is 7.86. The molecular formula is C23H49F3NO3S+. The number of unbranched alkanes of at least 4 members (excludes halogenated alkanes) is 14. The SMILES string of the molecule is CCCCCCCCCC[N+](C)(C)CCCCCCCCCC.O=S(=O)(O)C(F)(F)F. The maximum absolute atomic E-state index is 10.7. The van der Waals surface area contributed by atoms with E-state index in [9.17, 15) is 13.2 Å². The van der Waals surface area contributed by atoms with Gasteiger partial charge in [0.05, 0.1) is 27.2 Å². The molecular weight excluding hydrogens is 427 g/mol. The van der Waals surface area contributed by atoms with Crippen molar-refractivity contribution >= 4 is 10.1 Å². The normalized spacial score (nSPS) is 12.5. The molecule has 1 N–H and O–H groups in total. The van der Waals surface area contributed by atoms with Crippen LogP contribution in [0.5, 0.6) is 0 Å². The summed E-state index contributed by atoms with van der Waals surface area (Å²) < 4.78 is 58.8. The molecule has 0 atom stereocenters. The maximum atomic E-state index is 10.7. The summed E-state index contributed by atoms with van der Waals surface area (Å²) in [6, 6.07) is 0. The van der Waals surface area contributed by atoms with Gasteiger partial charge < -0.3 is 4.48 Å². The van der Waals surface area contributed by atoms with E-state index in [0.717, 1.165) is 0 Å². The molecule has 0 amide bonds. The van der Waals surface area contributed by atoms with Gasteiger partial charge in [0.1, 0.15) is 0 Å². The topological polar surface area (TPSA) is 54.4 Å². The molecule has 0 aliphatic heterocycles. The number of alkyl halides is 3. The third-order valence-corrected chi connectivity index (χ3v) is 6.11. The second kappa shape index (κ2) is 19.2. The molecule has 0 heterocycles. The monoisotopic (exact) mass is 476 g/mol.